The van der Waals surface area contributed by atoms with Crippen molar-refractivity contribution in [1.82, 2.24) is 0 Å². The lowest BCUT2D eigenvalue weighted by Crippen LogP contribution is -2.14. The van der Waals surface area contributed by atoms with Crippen molar-refractivity contribution in [3.05, 3.63) is 57.6 Å². The summed E-state index contributed by atoms with van der Waals surface area (Å²) >= 11 is 0. The molecule has 1 N–H and O–H groups in total. The van der Waals surface area contributed by atoms with Crippen LogP contribution in [-0.4, -0.2) is 32.2 Å². The van der Waals surface area contributed by atoms with E-state index in [1.807, 2.05) is 0 Å². The van der Waals surface area contributed by atoms with Gasteiger partial charge >= 0.3 is 0 Å². The molecule has 0 aliphatic carbocycles. The molecule has 2 aromatic rings. The minimum absolute atomic E-state index is 0.0106. The zero-order chi connectivity index (χ0) is 20.7. The molecule has 0 aliphatic rings. The summed E-state index contributed by atoms with van der Waals surface area (Å²) in [5.41, 5.74) is -0.0966. The van der Waals surface area contributed by atoms with Crippen molar-refractivity contribution in [3.63, 3.8) is 0 Å². The van der Waals surface area contributed by atoms with Gasteiger partial charge in [-0.05, 0) is 29.8 Å². The van der Waals surface area contributed by atoms with Gasteiger partial charge in [0.25, 0.3) is 11.6 Å². The fourth-order valence-electron chi connectivity index (χ4n) is 2.43. The topological polar surface area (TPSA) is 124 Å². The van der Waals surface area contributed by atoms with Crippen LogP contribution < -0.4 is 19.5 Å². The van der Waals surface area contributed by atoms with Crippen molar-refractivity contribution in [3.8, 4) is 23.3 Å². The number of carbonyl (C=O) groups is 1. The minimum Gasteiger partial charge on any atom is -0.493 e. The number of carbonyl (C=O) groups excluding carboxylic acids is 1. The fraction of sp³-hybridized carbons (Fsp3) is 0.158. The molecule has 0 saturated carbocycles. The maximum absolute atomic E-state index is 12.4. The first kappa shape index (κ1) is 20.3. The van der Waals surface area contributed by atoms with E-state index in [0.29, 0.717) is 22.8 Å². The summed E-state index contributed by atoms with van der Waals surface area (Å²) < 4.78 is 15.7. The molecule has 0 bridgehead atoms. The molecule has 0 aliphatic heterocycles. The molecule has 9 nitrogen and oxygen atoms in total. The van der Waals surface area contributed by atoms with E-state index in [1.54, 1.807) is 18.2 Å². The van der Waals surface area contributed by atoms with E-state index in [1.165, 1.54) is 51.7 Å². The Morgan fingerprint density at radius 2 is 1.75 bits per heavy atom. The number of nitrogens with one attached hydrogen (secondary N) is 1. The average molecular weight is 383 g/mol. The predicted molar refractivity (Wildman–Crippen MR) is 101 cm³/mol. The van der Waals surface area contributed by atoms with Crippen LogP contribution in [0.3, 0.4) is 0 Å². The van der Waals surface area contributed by atoms with Gasteiger partial charge in [0.1, 0.15) is 17.3 Å². The highest BCUT2D eigenvalue weighted by Gasteiger charge is 2.18. The highest BCUT2D eigenvalue weighted by molar-refractivity contribution is 6.10. The molecular weight excluding hydrogens is 366 g/mol. The van der Waals surface area contributed by atoms with Gasteiger partial charge in [-0.3, -0.25) is 14.9 Å². The molecule has 0 aromatic heterocycles. The van der Waals surface area contributed by atoms with Crippen LogP contribution in [0, 0.1) is 21.4 Å². The lowest BCUT2D eigenvalue weighted by atomic mass is 10.1. The maximum Gasteiger partial charge on any atom is 0.292 e. The van der Waals surface area contributed by atoms with E-state index < -0.39 is 10.8 Å². The maximum atomic E-state index is 12.4. The van der Waals surface area contributed by atoms with Gasteiger partial charge in [-0.1, -0.05) is 12.1 Å². The number of hydrogen-bond acceptors (Lipinski definition) is 7. The molecule has 0 atom stereocenters. The molecular formula is C19H17N3O6. The summed E-state index contributed by atoms with van der Waals surface area (Å²) in [7, 11) is 4.34. The van der Waals surface area contributed by atoms with Crippen LogP contribution in [0.5, 0.6) is 17.2 Å². The van der Waals surface area contributed by atoms with Gasteiger partial charge in [0.15, 0.2) is 11.5 Å². The molecule has 0 saturated heterocycles. The number of amides is 1. The van der Waals surface area contributed by atoms with E-state index in [-0.39, 0.29) is 16.9 Å². The Morgan fingerprint density at radius 3 is 2.25 bits per heavy atom. The number of nitro groups is 1. The lowest BCUT2D eigenvalue weighted by Gasteiger charge is -2.13. The van der Waals surface area contributed by atoms with Crippen molar-refractivity contribution in [2.45, 2.75) is 0 Å². The predicted octanol–water partition coefficient (Wildman–Crippen LogP) is 3.17. The Balaban J connectivity index is 2.40. The second-order valence-corrected chi connectivity index (χ2v) is 5.36. The quantitative estimate of drug-likeness (QED) is 0.337. The van der Waals surface area contributed by atoms with E-state index in [9.17, 15) is 20.2 Å². The largest absolute Gasteiger partial charge is 0.493 e. The van der Waals surface area contributed by atoms with Gasteiger partial charge in [-0.15, -0.1) is 0 Å². The minimum atomic E-state index is -0.787. The molecule has 2 aromatic carbocycles. The van der Waals surface area contributed by atoms with Crippen LogP contribution in [0.4, 0.5) is 11.4 Å². The summed E-state index contributed by atoms with van der Waals surface area (Å²) in [6.07, 6.45) is 1.31. The Labute approximate surface area is 160 Å². The number of hydrogen-bond donors (Lipinski definition) is 1. The van der Waals surface area contributed by atoms with Crippen LogP contribution in [0.1, 0.15) is 5.56 Å². The van der Waals surface area contributed by atoms with Crippen molar-refractivity contribution in [2.75, 3.05) is 26.6 Å². The second kappa shape index (κ2) is 9.05. The monoisotopic (exact) mass is 383 g/mol. The summed E-state index contributed by atoms with van der Waals surface area (Å²) in [6, 6.07) is 10.6. The molecule has 1 amide bonds. The van der Waals surface area contributed by atoms with Gasteiger partial charge < -0.3 is 19.5 Å². The van der Waals surface area contributed by atoms with Crippen molar-refractivity contribution in [2.24, 2.45) is 0 Å². The van der Waals surface area contributed by atoms with Gasteiger partial charge in [0, 0.05) is 6.07 Å². The molecule has 9 heteroatoms. The zero-order valence-corrected chi connectivity index (χ0v) is 15.4. The van der Waals surface area contributed by atoms with Crippen LogP contribution >= 0.6 is 0 Å². The van der Waals surface area contributed by atoms with E-state index in [4.69, 9.17) is 14.2 Å². The Morgan fingerprint density at radius 1 is 1.14 bits per heavy atom. The number of methoxy groups -OCH3 is 3. The molecule has 0 heterocycles. The third-order valence-corrected chi connectivity index (χ3v) is 3.71. The van der Waals surface area contributed by atoms with Crippen LogP contribution in [0.2, 0.25) is 0 Å². The van der Waals surface area contributed by atoms with Crippen molar-refractivity contribution in [1.29, 1.82) is 5.26 Å². The highest BCUT2D eigenvalue weighted by Crippen LogP contribution is 2.38. The molecule has 0 fully saturated rings. The van der Waals surface area contributed by atoms with Gasteiger partial charge in [-0.2, -0.15) is 5.26 Å². The van der Waals surface area contributed by atoms with Crippen molar-refractivity contribution < 1.29 is 23.9 Å². The van der Waals surface area contributed by atoms with Gasteiger partial charge in [-0.25, -0.2) is 0 Å². The van der Waals surface area contributed by atoms with E-state index in [2.05, 4.69) is 5.32 Å². The van der Waals surface area contributed by atoms with E-state index in [0.717, 1.165) is 0 Å². The number of nitriles is 1. The van der Waals surface area contributed by atoms with Crippen LogP contribution in [0.15, 0.2) is 42.0 Å². The standard InChI is InChI=1S/C19H17N3O6/c1-26-16-9-12(10-17(27-2)18(16)28-3)8-13(11-20)19(23)21-14-6-4-5-7-15(14)22(24)25/h4-10H,1-3H3,(H,21,23)/b13-8-. The van der Waals surface area contributed by atoms with Crippen molar-refractivity contribution >= 4 is 23.4 Å². The summed E-state index contributed by atoms with van der Waals surface area (Å²) in [4.78, 5) is 22.9. The number of para-hydroxylation sites is 2. The SMILES string of the molecule is COc1cc(/C=C(/C#N)C(=O)Nc2ccccc2[N+](=O)[O-])cc(OC)c1OC. The smallest absolute Gasteiger partial charge is 0.292 e. The van der Waals surface area contributed by atoms with Crippen LogP contribution in [-0.2, 0) is 4.79 Å². The van der Waals surface area contributed by atoms with E-state index >= 15 is 0 Å². The first-order valence-corrected chi connectivity index (χ1v) is 7.91. The Bertz CT molecular complexity index is 953. The summed E-state index contributed by atoms with van der Waals surface area (Å²) in [6.45, 7) is 0. The fourth-order valence-corrected chi connectivity index (χ4v) is 2.43. The first-order chi connectivity index (χ1) is 13.4. The van der Waals surface area contributed by atoms with Gasteiger partial charge in [0.05, 0.1) is 26.3 Å². The number of nitrogens with zero attached hydrogens (tertiary/aromatic N) is 2. The number of ether oxygens (including phenoxy) is 3. The number of anilines is 1. The summed E-state index contributed by atoms with van der Waals surface area (Å²) in [5, 5.41) is 22.8. The molecule has 0 spiro atoms. The van der Waals surface area contributed by atoms with Gasteiger partial charge in [0.2, 0.25) is 5.75 Å². The number of benzene rings is 2. The Hall–Kier alpha value is -4.06. The molecule has 28 heavy (non-hydrogen) atoms. The Kier molecular flexibility index (Phi) is 6.54. The molecule has 144 valence electrons. The first-order valence-electron chi connectivity index (χ1n) is 7.91. The average Bonchev–Trinajstić information content (AvgIpc) is 2.71. The summed E-state index contributed by atoms with van der Waals surface area (Å²) in [5.74, 6) is 0.282. The third kappa shape index (κ3) is 4.37. The third-order valence-electron chi connectivity index (χ3n) is 3.71. The zero-order valence-electron chi connectivity index (χ0n) is 15.4. The molecule has 2 rings (SSSR count). The highest BCUT2D eigenvalue weighted by atomic mass is 16.6. The van der Waals surface area contributed by atoms with Crippen LogP contribution in [0.25, 0.3) is 6.08 Å². The number of nitro benzene ring substituents is 1. The lowest BCUT2D eigenvalue weighted by molar-refractivity contribution is -0.383. The molecule has 0 radical (unpaired) electrons. The normalized spacial score (nSPS) is 10.6. The second-order valence-electron chi connectivity index (χ2n) is 5.36. The number of rotatable bonds is 7. The molecule has 0 unspecified atom stereocenters.